The van der Waals surface area contributed by atoms with Gasteiger partial charge in [0, 0.05) is 19.0 Å². The normalized spacial score (nSPS) is 11.2. The van der Waals surface area contributed by atoms with E-state index in [4.69, 9.17) is 10.5 Å². The largest absolute Gasteiger partial charge is 0.378 e. The van der Waals surface area contributed by atoms with E-state index < -0.39 is 0 Å². The number of ether oxygens (including phenoxy) is 1. The zero-order valence-corrected chi connectivity index (χ0v) is 7.80. The zero-order chi connectivity index (χ0) is 8.81. The van der Waals surface area contributed by atoms with Gasteiger partial charge in [0.05, 0.1) is 12.3 Å². The molecule has 0 radical (unpaired) electrons. The molecule has 3 nitrogen and oxygen atoms in total. The molecular weight excluding hydrogens is 172 g/mol. The fourth-order valence-electron chi connectivity index (χ4n) is 0.780. The highest BCUT2D eigenvalue weighted by Crippen LogP contribution is 2.11. The third-order valence-corrected chi connectivity index (χ3v) is 2.10. The Balaban J connectivity index is 2.57. The Hall–Kier alpha value is -0.710. The number of rotatable bonds is 4. The second-order valence-electron chi connectivity index (χ2n) is 2.24. The summed E-state index contributed by atoms with van der Waals surface area (Å²) >= 11 is 1.60. The van der Waals surface area contributed by atoms with Crippen LogP contribution in [0.25, 0.3) is 6.08 Å². The van der Waals surface area contributed by atoms with Gasteiger partial charge in [-0.3, -0.25) is 0 Å². The number of hydrogen-bond donors (Lipinski definition) is 1. The Morgan fingerprint density at radius 3 is 3.25 bits per heavy atom. The number of hydrogen-bond acceptors (Lipinski definition) is 4. The first-order valence-electron chi connectivity index (χ1n) is 3.66. The van der Waals surface area contributed by atoms with E-state index in [0.717, 1.165) is 10.7 Å². The fraction of sp³-hybridized carbons (Fsp3) is 0.375. The minimum Gasteiger partial charge on any atom is -0.378 e. The van der Waals surface area contributed by atoms with Crippen LogP contribution in [0.3, 0.4) is 0 Å². The third kappa shape index (κ3) is 2.73. The van der Waals surface area contributed by atoms with E-state index in [1.54, 1.807) is 18.4 Å². The zero-order valence-electron chi connectivity index (χ0n) is 6.99. The first kappa shape index (κ1) is 9.38. The van der Waals surface area contributed by atoms with Gasteiger partial charge in [-0.2, -0.15) is 0 Å². The highest BCUT2D eigenvalue weighted by atomic mass is 32.1. The Labute approximate surface area is 75.9 Å². The predicted octanol–water partition coefficient (Wildman–Crippen LogP) is 1.26. The second kappa shape index (κ2) is 5.03. The second-order valence-corrected chi connectivity index (χ2v) is 3.18. The molecule has 0 atom stereocenters. The van der Waals surface area contributed by atoms with Crippen LogP contribution in [0.1, 0.15) is 10.7 Å². The average molecular weight is 184 g/mol. The van der Waals surface area contributed by atoms with Crippen molar-refractivity contribution in [3.8, 4) is 0 Å². The fourth-order valence-corrected chi connectivity index (χ4v) is 1.51. The van der Waals surface area contributed by atoms with E-state index in [2.05, 4.69) is 4.98 Å². The van der Waals surface area contributed by atoms with Gasteiger partial charge in [0.1, 0.15) is 5.01 Å². The van der Waals surface area contributed by atoms with Crippen molar-refractivity contribution < 1.29 is 4.74 Å². The van der Waals surface area contributed by atoms with E-state index in [0.29, 0.717) is 13.2 Å². The first-order chi connectivity index (χ1) is 5.86. The quantitative estimate of drug-likeness (QED) is 0.766. The number of aromatic nitrogens is 1. The van der Waals surface area contributed by atoms with Gasteiger partial charge < -0.3 is 10.5 Å². The molecule has 66 valence electrons. The van der Waals surface area contributed by atoms with Crippen molar-refractivity contribution in [2.24, 2.45) is 5.73 Å². The van der Waals surface area contributed by atoms with Gasteiger partial charge in [0.25, 0.3) is 0 Å². The average Bonchev–Trinajstić information content (AvgIpc) is 2.50. The van der Waals surface area contributed by atoms with Crippen LogP contribution in [0.4, 0.5) is 0 Å². The summed E-state index contributed by atoms with van der Waals surface area (Å²) in [4.78, 5) is 4.29. The summed E-state index contributed by atoms with van der Waals surface area (Å²) in [5, 5.41) is 2.98. The number of methoxy groups -OCH3 is 1. The van der Waals surface area contributed by atoms with Crippen LogP contribution in [0.5, 0.6) is 0 Å². The molecular formula is C8H12N2OS. The Morgan fingerprint density at radius 1 is 1.75 bits per heavy atom. The highest BCUT2D eigenvalue weighted by Gasteiger charge is 1.96. The van der Waals surface area contributed by atoms with Crippen molar-refractivity contribution in [3.63, 3.8) is 0 Å². The van der Waals surface area contributed by atoms with Gasteiger partial charge in [-0.15, -0.1) is 11.3 Å². The Kier molecular flexibility index (Phi) is 3.93. The minimum atomic E-state index is 0.553. The van der Waals surface area contributed by atoms with Crippen molar-refractivity contribution in [3.05, 3.63) is 22.2 Å². The van der Waals surface area contributed by atoms with E-state index in [1.807, 2.05) is 17.5 Å². The maximum absolute atomic E-state index is 5.31. The van der Waals surface area contributed by atoms with Gasteiger partial charge >= 0.3 is 0 Å². The van der Waals surface area contributed by atoms with Gasteiger partial charge in [-0.05, 0) is 6.08 Å². The van der Waals surface area contributed by atoms with Crippen molar-refractivity contribution in [1.82, 2.24) is 4.98 Å². The molecule has 1 aromatic rings. The molecule has 4 heteroatoms. The highest BCUT2D eigenvalue weighted by molar-refractivity contribution is 7.09. The molecule has 0 aliphatic carbocycles. The number of nitrogens with zero attached hydrogens (tertiary/aromatic N) is 1. The topological polar surface area (TPSA) is 48.1 Å². The van der Waals surface area contributed by atoms with E-state index in [9.17, 15) is 0 Å². The molecule has 0 saturated carbocycles. The molecule has 0 aromatic carbocycles. The molecule has 1 heterocycles. The summed E-state index contributed by atoms with van der Waals surface area (Å²) in [6.07, 6.45) is 3.79. The van der Waals surface area contributed by atoms with E-state index >= 15 is 0 Å². The van der Waals surface area contributed by atoms with Crippen molar-refractivity contribution >= 4 is 17.4 Å². The van der Waals surface area contributed by atoms with Crippen molar-refractivity contribution in [2.75, 3.05) is 13.7 Å². The molecule has 0 aliphatic heterocycles. The monoisotopic (exact) mass is 184 g/mol. The van der Waals surface area contributed by atoms with Crippen LogP contribution in [-0.4, -0.2) is 18.6 Å². The van der Waals surface area contributed by atoms with Crippen LogP contribution in [-0.2, 0) is 11.3 Å². The third-order valence-electron chi connectivity index (χ3n) is 1.26. The molecule has 0 amide bonds. The van der Waals surface area contributed by atoms with Crippen LogP contribution in [0, 0.1) is 0 Å². The van der Waals surface area contributed by atoms with Gasteiger partial charge in [0.15, 0.2) is 0 Å². The lowest BCUT2D eigenvalue weighted by molar-refractivity contribution is 0.184. The smallest absolute Gasteiger partial charge is 0.119 e. The molecule has 0 aliphatic rings. The molecule has 0 fully saturated rings. The van der Waals surface area contributed by atoms with Gasteiger partial charge in [-0.25, -0.2) is 4.98 Å². The standard InChI is InChI=1S/C8H12N2OS/c1-11-5-8-10-7(6-12-8)3-2-4-9/h2-3,6H,4-5,9H2,1H3/b3-2+. The number of thiazole rings is 1. The van der Waals surface area contributed by atoms with Crippen molar-refractivity contribution in [2.45, 2.75) is 6.61 Å². The number of nitrogens with two attached hydrogens (primary N) is 1. The maximum atomic E-state index is 5.31. The summed E-state index contributed by atoms with van der Waals surface area (Å²) in [5.74, 6) is 0. The molecule has 0 bridgehead atoms. The van der Waals surface area contributed by atoms with E-state index in [-0.39, 0.29) is 0 Å². The summed E-state index contributed by atoms with van der Waals surface area (Å²) in [7, 11) is 1.66. The lowest BCUT2D eigenvalue weighted by Gasteiger charge is -1.89. The lowest BCUT2D eigenvalue weighted by Crippen LogP contribution is -1.92. The molecule has 0 unspecified atom stereocenters. The minimum absolute atomic E-state index is 0.553. The summed E-state index contributed by atoms with van der Waals surface area (Å²) in [5.41, 5.74) is 6.26. The summed E-state index contributed by atoms with van der Waals surface area (Å²) < 4.78 is 4.94. The summed E-state index contributed by atoms with van der Waals surface area (Å²) in [6.45, 7) is 1.14. The van der Waals surface area contributed by atoms with Crippen LogP contribution in [0.2, 0.25) is 0 Å². The molecule has 1 rings (SSSR count). The molecule has 1 aromatic heterocycles. The SMILES string of the molecule is COCc1nc(/C=C/CN)cs1. The van der Waals surface area contributed by atoms with Crippen LogP contribution in [0.15, 0.2) is 11.5 Å². The van der Waals surface area contributed by atoms with Crippen LogP contribution >= 0.6 is 11.3 Å². The van der Waals surface area contributed by atoms with Gasteiger partial charge in [0.2, 0.25) is 0 Å². The molecule has 0 saturated heterocycles. The maximum Gasteiger partial charge on any atom is 0.119 e. The summed E-state index contributed by atoms with van der Waals surface area (Å²) in [6, 6.07) is 0. The molecule has 0 spiro atoms. The first-order valence-corrected chi connectivity index (χ1v) is 4.54. The predicted molar refractivity (Wildman–Crippen MR) is 50.9 cm³/mol. The van der Waals surface area contributed by atoms with E-state index in [1.165, 1.54) is 0 Å². The molecule has 2 N–H and O–H groups in total. The Morgan fingerprint density at radius 2 is 2.58 bits per heavy atom. The van der Waals surface area contributed by atoms with Crippen LogP contribution < -0.4 is 5.73 Å². The van der Waals surface area contributed by atoms with Gasteiger partial charge in [-0.1, -0.05) is 6.08 Å². The van der Waals surface area contributed by atoms with Crippen molar-refractivity contribution in [1.29, 1.82) is 0 Å². The lowest BCUT2D eigenvalue weighted by atomic mass is 10.4. The Bertz CT molecular complexity index is 257. The molecule has 12 heavy (non-hydrogen) atoms.